The Hall–Kier alpha value is -3.17. The van der Waals surface area contributed by atoms with Crippen LogP contribution in [0, 0.1) is 0 Å². The van der Waals surface area contributed by atoms with E-state index < -0.39 is 11.9 Å². The predicted octanol–water partition coefficient (Wildman–Crippen LogP) is 5.52. The molecule has 0 atom stereocenters. The SMILES string of the molecule is CCCCCCN(C)Oc1ccc2c(-c3ccc(Br)cc3)nn(C)c2c1.O=C(O)/C=C/C(=O)O. The third-order valence-electron chi connectivity index (χ3n) is 4.90. The largest absolute Gasteiger partial charge is 0.478 e. The number of hydroxylamine groups is 2. The van der Waals surface area contributed by atoms with Crippen molar-refractivity contribution in [3.05, 3.63) is 59.1 Å². The lowest BCUT2D eigenvalue weighted by molar-refractivity contribution is -0.134. The Bertz CT molecular complexity index is 1110. The number of unbranched alkanes of at least 4 members (excludes halogenated alkanes) is 3. The van der Waals surface area contributed by atoms with Gasteiger partial charge in [0, 0.05) is 54.3 Å². The molecule has 2 N–H and O–H groups in total. The quantitative estimate of drug-likeness (QED) is 0.201. The van der Waals surface area contributed by atoms with E-state index in [0.29, 0.717) is 12.2 Å². The summed E-state index contributed by atoms with van der Waals surface area (Å²) in [6.45, 7) is 3.17. The van der Waals surface area contributed by atoms with Gasteiger partial charge in [-0.2, -0.15) is 5.10 Å². The van der Waals surface area contributed by atoms with Crippen LogP contribution >= 0.6 is 15.9 Å². The van der Waals surface area contributed by atoms with Crippen molar-refractivity contribution in [3.63, 3.8) is 0 Å². The van der Waals surface area contributed by atoms with Crippen LogP contribution in [0.3, 0.4) is 0 Å². The number of hydrogen-bond acceptors (Lipinski definition) is 5. The molecule has 0 saturated heterocycles. The van der Waals surface area contributed by atoms with Crippen LogP contribution in [0.2, 0.25) is 0 Å². The van der Waals surface area contributed by atoms with E-state index in [0.717, 1.165) is 45.3 Å². The van der Waals surface area contributed by atoms with Gasteiger partial charge in [-0.25, -0.2) is 9.59 Å². The first kappa shape index (κ1) is 27.1. The number of aryl methyl sites for hydroxylation is 1. The van der Waals surface area contributed by atoms with Crippen LogP contribution in [0.15, 0.2) is 59.1 Å². The number of hydrogen-bond donors (Lipinski definition) is 2. The summed E-state index contributed by atoms with van der Waals surface area (Å²) in [5, 5.41) is 23.4. The van der Waals surface area contributed by atoms with Crippen molar-refractivity contribution in [3.8, 4) is 17.0 Å². The van der Waals surface area contributed by atoms with Gasteiger partial charge >= 0.3 is 11.9 Å². The lowest BCUT2D eigenvalue weighted by Crippen LogP contribution is -2.23. The van der Waals surface area contributed by atoms with Crippen LogP contribution in [0.1, 0.15) is 32.6 Å². The molecule has 3 aromatic rings. The molecule has 2 aromatic carbocycles. The van der Waals surface area contributed by atoms with E-state index in [-0.39, 0.29) is 0 Å². The molecule has 3 rings (SSSR count). The molecule has 0 aliphatic rings. The van der Waals surface area contributed by atoms with Crippen LogP contribution in [-0.4, -0.2) is 50.6 Å². The number of aliphatic carboxylic acids is 2. The predicted molar refractivity (Wildman–Crippen MR) is 136 cm³/mol. The Morgan fingerprint density at radius 3 is 2.29 bits per heavy atom. The van der Waals surface area contributed by atoms with E-state index in [4.69, 9.17) is 20.1 Å². The van der Waals surface area contributed by atoms with E-state index >= 15 is 0 Å². The summed E-state index contributed by atoms with van der Waals surface area (Å²) in [6, 6.07) is 14.4. The summed E-state index contributed by atoms with van der Waals surface area (Å²) in [5.41, 5.74) is 3.18. The van der Waals surface area contributed by atoms with E-state index in [1.54, 1.807) is 0 Å². The first-order valence-electron chi connectivity index (χ1n) is 11.0. The number of carboxylic acids is 2. The Kier molecular flexibility index (Phi) is 10.8. The summed E-state index contributed by atoms with van der Waals surface area (Å²) in [5.74, 6) is -1.67. The monoisotopic (exact) mass is 531 g/mol. The second-order valence-electron chi connectivity index (χ2n) is 7.67. The summed E-state index contributed by atoms with van der Waals surface area (Å²) in [7, 11) is 3.97. The van der Waals surface area contributed by atoms with Gasteiger partial charge in [0.2, 0.25) is 0 Å². The molecule has 34 heavy (non-hydrogen) atoms. The summed E-state index contributed by atoms with van der Waals surface area (Å²) < 4.78 is 2.99. The van der Waals surface area contributed by atoms with Crippen molar-refractivity contribution in [1.29, 1.82) is 0 Å². The summed E-state index contributed by atoms with van der Waals surface area (Å²) in [4.78, 5) is 25.1. The van der Waals surface area contributed by atoms with Gasteiger partial charge in [-0.1, -0.05) is 54.2 Å². The first-order valence-corrected chi connectivity index (χ1v) is 11.8. The molecule has 9 heteroatoms. The summed E-state index contributed by atoms with van der Waals surface area (Å²) in [6.07, 6.45) is 6.06. The van der Waals surface area contributed by atoms with E-state index in [1.807, 2.05) is 42.0 Å². The van der Waals surface area contributed by atoms with Gasteiger partial charge in [0.05, 0.1) is 5.52 Å². The first-order chi connectivity index (χ1) is 16.2. The molecule has 1 aromatic heterocycles. The van der Waals surface area contributed by atoms with Crippen LogP contribution in [-0.2, 0) is 16.6 Å². The lowest BCUT2D eigenvalue weighted by atomic mass is 10.1. The van der Waals surface area contributed by atoms with Crippen molar-refractivity contribution < 1.29 is 24.6 Å². The molecule has 0 bridgehead atoms. The molecule has 0 saturated carbocycles. The minimum atomic E-state index is -1.26. The van der Waals surface area contributed by atoms with Crippen LogP contribution in [0.4, 0.5) is 0 Å². The Balaban J connectivity index is 0.000000440. The average Bonchev–Trinajstić information content (AvgIpc) is 3.12. The Morgan fingerprint density at radius 1 is 1.06 bits per heavy atom. The highest BCUT2D eigenvalue weighted by Gasteiger charge is 2.12. The number of benzene rings is 2. The summed E-state index contributed by atoms with van der Waals surface area (Å²) >= 11 is 3.48. The van der Waals surface area contributed by atoms with Crippen LogP contribution in [0.5, 0.6) is 5.75 Å². The van der Waals surface area contributed by atoms with Crippen molar-refractivity contribution in [2.75, 3.05) is 13.6 Å². The zero-order valence-electron chi connectivity index (χ0n) is 19.6. The molecule has 1 heterocycles. The van der Waals surface area contributed by atoms with Crippen LogP contribution < -0.4 is 4.84 Å². The number of carboxylic acid groups (broad SMARTS) is 2. The third-order valence-corrected chi connectivity index (χ3v) is 5.43. The maximum Gasteiger partial charge on any atom is 0.328 e. The van der Waals surface area contributed by atoms with Gasteiger partial charge in [-0.3, -0.25) is 4.68 Å². The van der Waals surface area contributed by atoms with Gasteiger partial charge in [0.25, 0.3) is 0 Å². The fraction of sp³-hybridized carbons (Fsp3) is 0.320. The molecule has 0 spiro atoms. The van der Waals surface area contributed by atoms with Gasteiger partial charge in [-0.05, 0) is 30.7 Å². The van der Waals surface area contributed by atoms with Gasteiger partial charge in [-0.15, -0.1) is 5.06 Å². The molecule has 8 nitrogen and oxygen atoms in total. The minimum Gasteiger partial charge on any atom is -0.478 e. The van der Waals surface area contributed by atoms with Crippen molar-refractivity contribution >= 4 is 38.8 Å². The second-order valence-corrected chi connectivity index (χ2v) is 8.59. The number of fused-ring (bicyclic) bond motifs is 1. The molecule has 0 fully saturated rings. The van der Waals surface area contributed by atoms with Crippen LogP contribution in [0.25, 0.3) is 22.2 Å². The van der Waals surface area contributed by atoms with Crippen molar-refractivity contribution in [2.45, 2.75) is 32.6 Å². The number of halogens is 1. The highest BCUT2D eigenvalue weighted by atomic mass is 79.9. The highest BCUT2D eigenvalue weighted by Crippen LogP contribution is 2.31. The molecule has 0 unspecified atom stereocenters. The van der Waals surface area contributed by atoms with Gasteiger partial charge in [0.15, 0.2) is 0 Å². The normalized spacial score (nSPS) is 11.0. The highest BCUT2D eigenvalue weighted by molar-refractivity contribution is 9.10. The number of rotatable bonds is 10. The maximum atomic E-state index is 9.55. The van der Waals surface area contributed by atoms with Crippen molar-refractivity contribution in [2.24, 2.45) is 7.05 Å². The van der Waals surface area contributed by atoms with Gasteiger partial charge < -0.3 is 15.1 Å². The molecule has 0 amide bonds. The van der Waals surface area contributed by atoms with E-state index in [9.17, 15) is 9.59 Å². The topological polar surface area (TPSA) is 105 Å². The number of carbonyl (C=O) groups is 2. The van der Waals surface area contributed by atoms with Crippen molar-refractivity contribution in [1.82, 2.24) is 14.8 Å². The molecular weight excluding hydrogens is 502 g/mol. The zero-order chi connectivity index (χ0) is 25.1. The zero-order valence-corrected chi connectivity index (χ0v) is 21.2. The molecule has 0 aliphatic carbocycles. The molecule has 0 radical (unpaired) electrons. The smallest absolute Gasteiger partial charge is 0.328 e. The van der Waals surface area contributed by atoms with E-state index in [1.165, 1.54) is 19.3 Å². The molecular formula is C25H30BrN3O5. The fourth-order valence-electron chi connectivity index (χ4n) is 3.24. The average molecular weight is 532 g/mol. The lowest BCUT2D eigenvalue weighted by Gasteiger charge is -2.17. The van der Waals surface area contributed by atoms with Gasteiger partial charge in [0.1, 0.15) is 11.4 Å². The standard InChI is InChI=1S/C21H26BrN3O.C4H4O4/c1-4-5-6-7-14-24(2)26-18-12-13-19-20(15-18)25(3)23-21(19)16-8-10-17(22)11-9-16;5-3(6)1-2-4(7)8/h8-13,15H,4-7,14H2,1-3H3;1-2H,(H,5,6)(H,7,8)/b;2-1+. The minimum absolute atomic E-state index is 0.558. The maximum absolute atomic E-state index is 9.55. The third kappa shape index (κ3) is 8.64. The fourth-order valence-corrected chi connectivity index (χ4v) is 3.51. The molecule has 182 valence electrons. The Labute approximate surface area is 207 Å². The van der Waals surface area contributed by atoms with E-state index in [2.05, 4.69) is 47.1 Å². The number of aromatic nitrogens is 2. The number of nitrogens with zero attached hydrogens (tertiary/aromatic N) is 3. The molecule has 0 aliphatic heterocycles. The Morgan fingerprint density at radius 2 is 1.71 bits per heavy atom. The second kappa shape index (κ2) is 13.5.